The van der Waals surface area contributed by atoms with Crippen LogP contribution in [0.2, 0.25) is 0 Å². The Labute approximate surface area is 144 Å². The number of amides is 3. The lowest BCUT2D eigenvalue weighted by Gasteiger charge is -2.07. The van der Waals surface area contributed by atoms with E-state index in [9.17, 15) is 27.6 Å². The minimum Gasteiger partial charge on any atom is -0.450 e. The summed E-state index contributed by atoms with van der Waals surface area (Å²) >= 11 is 0.997. The van der Waals surface area contributed by atoms with Crippen LogP contribution < -0.4 is 10.6 Å². The van der Waals surface area contributed by atoms with Crippen molar-refractivity contribution in [2.45, 2.75) is 19.5 Å². The van der Waals surface area contributed by atoms with Gasteiger partial charge in [-0.25, -0.2) is 4.79 Å². The molecule has 2 N–H and O–H groups in total. The van der Waals surface area contributed by atoms with E-state index in [1.165, 1.54) is 11.4 Å². The highest BCUT2D eigenvalue weighted by molar-refractivity contribution is 7.14. The molecule has 0 aliphatic heterocycles. The van der Waals surface area contributed by atoms with Gasteiger partial charge in [-0.2, -0.15) is 13.2 Å². The topological polar surface area (TPSA) is 84.5 Å². The normalized spacial score (nSPS) is 13.8. The van der Waals surface area contributed by atoms with Crippen molar-refractivity contribution in [1.29, 1.82) is 0 Å². The van der Waals surface area contributed by atoms with E-state index in [4.69, 9.17) is 0 Å². The minimum atomic E-state index is -4.49. The first kappa shape index (κ1) is 18.7. The molecule has 0 aromatic carbocycles. The molecule has 0 saturated carbocycles. The van der Waals surface area contributed by atoms with E-state index in [-0.39, 0.29) is 29.2 Å². The standard InChI is InChI=1S/C15H13F3N2O4S/c1-2-24-14(23)20-12(22)10-5-6-25-13(10)19-11(21)8-3-4-9(7-8)15(16,17)18/h3,5-7H,2,4H2,1H3,(H,19,21)(H,20,22,23). The Hall–Kier alpha value is -2.62. The van der Waals surface area contributed by atoms with Gasteiger partial charge in [-0.1, -0.05) is 6.08 Å². The number of carbonyl (C=O) groups excluding carboxylic acids is 3. The molecule has 134 valence electrons. The van der Waals surface area contributed by atoms with Gasteiger partial charge in [0.25, 0.3) is 11.8 Å². The van der Waals surface area contributed by atoms with Crippen molar-refractivity contribution in [2.75, 3.05) is 11.9 Å². The van der Waals surface area contributed by atoms with Gasteiger partial charge in [-0.3, -0.25) is 14.9 Å². The lowest BCUT2D eigenvalue weighted by Crippen LogP contribution is -2.31. The lowest BCUT2D eigenvalue weighted by molar-refractivity contribution is -0.112. The number of hydrogen-bond donors (Lipinski definition) is 2. The molecule has 0 bridgehead atoms. The number of ether oxygens (including phenoxy) is 1. The molecule has 1 aromatic rings. The zero-order chi connectivity index (χ0) is 18.6. The summed E-state index contributed by atoms with van der Waals surface area (Å²) in [6.45, 7) is 1.65. The van der Waals surface area contributed by atoms with Gasteiger partial charge in [0.2, 0.25) is 0 Å². The van der Waals surface area contributed by atoms with Crippen molar-refractivity contribution in [1.82, 2.24) is 5.32 Å². The molecule has 0 unspecified atom stereocenters. The zero-order valence-electron chi connectivity index (χ0n) is 12.9. The molecule has 0 fully saturated rings. The third-order valence-electron chi connectivity index (χ3n) is 3.13. The largest absolute Gasteiger partial charge is 0.450 e. The first-order chi connectivity index (χ1) is 11.7. The first-order valence-corrected chi connectivity index (χ1v) is 7.95. The summed E-state index contributed by atoms with van der Waals surface area (Å²) in [5.41, 5.74) is -0.952. The van der Waals surface area contributed by atoms with Gasteiger partial charge in [-0.15, -0.1) is 11.3 Å². The zero-order valence-corrected chi connectivity index (χ0v) is 13.7. The Bertz CT molecular complexity index is 765. The Kier molecular flexibility index (Phi) is 5.62. The highest BCUT2D eigenvalue weighted by Gasteiger charge is 2.35. The SMILES string of the molecule is CCOC(=O)NC(=O)c1ccsc1NC(=O)C1=CCC(C(F)(F)F)=C1. The molecule has 2 rings (SSSR count). The number of halogens is 3. The van der Waals surface area contributed by atoms with Gasteiger partial charge in [0.15, 0.2) is 0 Å². The van der Waals surface area contributed by atoms with E-state index < -0.39 is 29.7 Å². The fourth-order valence-electron chi connectivity index (χ4n) is 1.97. The van der Waals surface area contributed by atoms with Crippen LogP contribution in [-0.4, -0.2) is 30.7 Å². The number of hydrogen-bond acceptors (Lipinski definition) is 5. The third kappa shape index (κ3) is 4.69. The van der Waals surface area contributed by atoms with Crippen LogP contribution in [0.3, 0.4) is 0 Å². The van der Waals surface area contributed by atoms with Gasteiger partial charge in [0, 0.05) is 11.1 Å². The van der Waals surface area contributed by atoms with E-state index in [0.717, 1.165) is 23.5 Å². The van der Waals surface area contributed by atoms with Crippen LogP contribution in [0.25, 0.3) is 0 Å². The number of allylic oxidation sites excluding steroid dienone is 2. The fourth-order valence-corrected chi connectivity index (χ4v) is 2.75. The summed E-state index contributed by atoms with van der Waals surface area (Å²) in [6, 6.07) is 1.37. The molecule has 0 atom stereocenters. The lowest BCUT2D eigenvalue weighted by atomic mass is 10.2. The molecule has 10 heteroatoms. The molecule has 1 aliphatic carbocycles. The van der Waals surface area contributed by atoms with Crippen molar-refractivity contribution in [3.63, 3.8) is 0 Å². The summed E-state index contributed by atoms with van der Waals surface area (Å²) in [6.07, 6.45) is -3.89. The molecule has 0 radical (unpaired) electrons. The van der Waals surface area contributed by atoms with Gasteiger partial charge in [0.1, 0.15) is 5.00 Å². The molecule has 1 aliphatic rings. The Morgan fingerprint density at radius 3 is 2.60 bits per heavy atom. The van der Waals surface area contributed by atoms with Crippen molar-refractivity contribution in [3.8, 4) is 0 Å². The van der Waals surface area contributed by atoms with Crippen LogP contribution >= 0.6 is 11.3 Å². The first-order valence-electron chi connectivity index (χ1n) is 7.07. The quantitative estimate of drug-likeness (QED) is 0.846. The molecular weight excluding hydrogens is 361 g/mol. The molecule has 0 spiro atoms. The summed E-state index contributed by atoms with van der Waals surface area (Å²) in [5.74, 6) is -1.56. The van der Waals surface area contributed by atoms with Gasteiger partial charge in [0.05, 0.1) is 12.2 Å². The maximum absolute atomic E-state index is 12.6. The van der Waals surface area contributed by atoms with E-state index >= 15 is 0 Å². The van der Waals surface area contributed by atoms with E-state index in [2.05, 4.69) is 10.1 Å². The highest BCUT2D eigenvalue weighted by atomic mass is 32.1. The van der Waals surface area contributed by atoms with Crippen molar-refractivity contribution in [3.05, 3.63) is 40.3 Å². The van der Waals surface area contributed by atoms with E-state index in [1.54, 1.807) is 6.92 Å². The Balaban J connectivity index is 2.06. The number of nitrogens with one attached hydrogen (secondary N) is 2. The van der Waals surface area contributed by atoms with E-state index in [1.807, 2.05) is 5.32 Å². The second kappa shape index (κ2) is 7.51. The van der Waals surface area contributed by atoms with Crippen LogP contribution in [0.4, 0.5) is 23.0 Å². The number of anilines is 1. The van der Waals surface area contributed by atoms with Gasteiger partial charge >= 0.3 is 12.3 Å². The van der Waals surface area contributed by atoms with Crippen molar-refractivity contribution in [2.24, 2.45) is 0 Å². The Morgan fingerprint density at radius 2 is 2.00 bits per heavy atom. The predicted octanol–water partition coefficient (Wildman–Crippen LogP) is 3.39. The Morgan fingerprint density at radius 1 is 1.28 bits per heavy atom. The number of alkyl halides is 3. The van der Waals surface area contributed by atoms with Crippen molar-refractivity contribution >= 4 is 34.2 Å². The smallest absolute Gasteiger partial charge is 0.414 e. The fraction of sp³-hybridized carbons (Fsp3) is 0.267. The highest BCUT2D eigenvalue weighted by Crippen LogP contribution is 2.34. The molecule has 0 saturated heterocycles. The summed E-state index contributed by atoms with van der Waals surface area (Å²) in [7, 11) is 0. The monoisotopic (exact) mass is 374 g/mol. The van der Waals surface area contributed by atoms with Crippen LogP contribution in [0.5, 0.6) is 0 Å². The number of imide groups is 1. The molecule has 25 heavy (non-hydrogen) atoms. The predicted molar refractivity (Wildman–Crippen MR) is 84.3 cm³/mol. The van der Waals surface area contributed by atoms with Crippen LogP contribution in [0, 0.1) is 0 Å². The molecular formula is C15H13F3N2O4S. The van der Waals surface area contributed by atoms with Gasteiger partial charge in [-0.05, 0) is 30.9 Å². The average molecular weight is 374 g/mol. The number of alkyl carbamates (subject to hydrolysis) is 1. The molecule has 1 heterocycles. The maximum Gasteiger partial charge on any atom is 0.414 e. The molecule has 6 nitrogen and oxygen atoms in total. The van der Waals surface area contributed by atoms with E-state index in [0.29, 0.717) is 0 Å². The van der Waals surface area contributed by atoms with Crippen LogP contribution in [0.1, 0.15) is 23.7 Å². The molecule has 3 amide bonds. The number of carbonyl (C=O) groups is 3. The maximum atomic E-state index is 12.6. The van der Waals surface area contributed by atoms with Gasteiger partial charge < -0.3 is 10.1 Å². The number of thiophene rings is 1. The number of rotatable bonds is 4. The summed E-state index contributed by atoms with van der Waals surface area (Å²) in [4.78, 5) is 35.3. The average Bonchev–Trinajstić information content (AvgIpc) is 3.15. The molecule has 1 aromatic heterocycles. The van der Waals surface area contributed by atoms with Crippen LogP contribution in [-0.2, 0) is 9.53 Å². The second-order valence-corrected chi connectivity index (χ2v) is 5.74. The third-order valence-corrected chi connectivity index (χ3v) is 3.96. The van der Waals surface area contributed by atoms with Crippen LogP contribution in [0.15, 0.2) is 34.7 Å². The summed E-state index contributed by atoms with van der Waals surface area (Å²) < 4.78 is 42.4. The van der Waals surface area contributed by atoms with Crippen molar-refractivity contribution < 1.29 is 32.3 Å². The summed E-state index contributed by atoms with van der Waals surface area (Å²) in [5, 5.41) is 5.96. The minimum absolute atomic E-state index is 0.00465. The second-order valence-electron chi connectivity index (χ2n) is 4.82.